The fraction of sp³-hybridized carbons (Fsp3) is 0.667. The Hall–Kier alpha value is -1.69. The zero-order valence-electron chi connectivity index (χ0n) is 12.5. The number of aromatic nitrogens is 2. The van der Waals surface area contributed by atoms with Crippen LogP contribution in [0, 0.1) is 0 Å². The molecule has 3 heterocycles. The molecular formula is C15H22N4O2. The number of carbonyl (C=O) groups excluding carboxylic acids is 1. The van der Waals surface area contributed by atoms with E-state index < -0.39 is 0 Å². The molecule has 114 valence electrons. The maximum Gasteiger partial charge on any atom is 0.219 e. The lowest BCUT2D eigenvalue weighted by Crippen LogP contribution is -2.40. The molecule has 21 heavy (non-hydrogen) atoms. The fourth-order valence-corrected chi connectivity index (χ4v) is 3.13. The molecule has 0 N–H and O–H groups in total. The lowest BCUT2D eigenvalue weighted by Gasteiger charge is -2.34. The third kappa shape index (κ3) is 3.15. The van der Waals surface area contributed by atoms with Crippen molar-refractivity contribution in [1.29, 1.82) is 0 Å². The number of carbonyl (C=O) groups is 1. The van der Waals surface area contributed by atoms with E-state index in [1.165, 1.54) is 0 Å². The van der Waals surface area contributed by atoms with Gasteiger partial charge in [0.05, 0.1) is 18.9 Å². The van der Waals surface area contributed by atoms with E-state index in [4.69, 9.17) is 4.74 Å². The van der Waals surface area contributed by atoms with E-state index in [0.717, 1.165) is 63.7 Å². The van der Waals surface area contributed by atoms with Crippen molar-refractivity contribution in [1.82, 2.24) is 14.9 Å². The zero-order chi connectivity index (χ0) is 14.7. The van der Waals surface area contributed by atoms with E-state index in [9.17, 15) is 4.79 Å². The van der Waals surface area contributed by atoms with E-state index in [1.807, 2.05) is 4.90 Å². The number of morpholine rings is 1. The number of piperidine rings is 1. The Labute approximate surface area is 125 Å². The topological polar surface area (TPSA) is 58.6 Å². The first-order chi connectivity index (χ1) is 10.3. The molecule has 2 aliphatic rings. The summed E-state index contributed by atoms with van der Waals surface area (Å²) in [6, 6.07) is 0. The van der Waals surface area contributed by atoms with Crippen molar-refractivity contribution in [2.24, 2.45) is 0 Å². The van der Waals surface area contributed by atoms with Crippen LogP contribution in [0.3, 0.4) is 0 Å². The largest absolute Gasteiger partial charge is 0.378 e. The van der Waals surface area contributed by atoms with Crippen LogP contribution in [0.15, 0.2) is 12.4 Å². The lowest BCUT2D eigenvalue weighted by molar-refractivity contribution is -0.130. The summed E-state index contributed by atoms with van der Waals surface area (Å²) < 4.78 is 5.41. The summed E-state index contributed by atoms with van der Waals surface area (Å²) in [4.78, 5) is 24.9. The molecular weight excluding hydrogens is 268 g/mol. The Morgan fingerprint density at radius 1 is 1.24 bits per heavy atom. The molecule has 0 radical (unpaired) electrons. The van der Waals surface area contributed by atoms with Crippen LogP contribution < -0.4 is 4.90 Å². The van der Waals surface area contributed by atoms with Gasteiger partial charge >= 0.3 is 0 Å². The van der Waals surface area contributed by atoms with Crippen LogP contribution >= 0.6 is 0 Å². The van der Waals surface area contributed by atoms with Crippen molar-refractivity contribution in [3.8, 4) is 0 Å². The Balaban J connectivity index is 1.82. The summed E-state index contributed by atoms with van der Waals surface area (Å²) in [5, 5.41) is 0. The van der Waals surface area contributed by atoms with E-state index >= 15 is 0 Å². The second-order valence-electron chi connectivity index (χ2n) is 5.67. The highest BCUT2D eigenvalue weighted by atomic mass is 16.5. The Kier molecular flexibility index (Phi) is 4.34. The summed E-state index contributed by atoms with van der Waals surface area (Å²) in [5.74, 6) is 1.40. The number of anilines is 1. The monoisotopic (exact) mass is 290 g/mol. The summed E-state index contributed by atoms with van der Waals surface area (Å²) in [6.45, 7) is 6.44. The summed E-state index contributed by atoms with van der Waals surface area (Å²) in [6.07, 6.45) is 5.61. The molecule has 2 fully saturated rings. The Morgan fingerprint density at radius 2 is 2.00 bits per heavy atom. The van der Waals surface area contributed by atoms with Gasteiger partial charge in [0.1, 0.15) is 0 Å². The normalized spacial score (nSPS) is 23.2. The van der Waals surface area contributed by atoms with Gasteiger partial charge in [-0.1, -0.05) is 0 Å². The van der Waals surface area contributed by atoms with Crippen molar-refractivity contribution >= 4 is 11.7 Å². The van der Waals surface area contributed by atoms with Crippen LogP contribution in [0.4, 0.5) is 5.82 Å². The number of amides is 1. The van der Waals surface area contributed by atoms with Crippen molar-refractivity contribution in [2.45, 2.75) is 25.7 Å². The number of nitrogens with zero attached hydrogens (tertiary/aromatic N) is 4. The molecule has 1 amide bonds. The minimum Gasteiger partial charge on any atom is -0.378 e. The third-order valence-corrected chi connectivity index (χ3v) is 4.27. The van der Waals surface area contributed by atoms with Crippen molar-refractivity contribution in [2.75, 3.05) is 44.3 Å². The van der Waals surface area contributed by atoms with Gasteiger partial charge < -0.3 is 14.5 Å². The first kappa shape index (κ1) is 14.3. The smallest absolute Gasteiger partial charge is 0.219 e. The summed E-state index contributed by atoms with van der Waals surface area (Å²) in [7, 11) is 0. The molecule has 1 atom stereocenters. The van der Waals surface area contributed by atoms with Crippen LogP contribution in [0.2, 0.25) is 0 Å². The number of likely N-dealkylation sites (tertiary alicyclic amines) is 1. The predicted octanol–water partition coefficient (Wildman–Crippen LogP) is 1.04. The molecule has 1 aromatic rings. The first-order valence-electron chi connectivity index (χ1n) is 7.65. The molecule has 0 aliphatic carbocycles. The maximum atomic E-state index is 11.6. The minimum atomic E-state index is 0.150. The second-order valence-corrected chi connectivity index (χ2v) is 5.67. The van der Waals surface area contributed by atoms with Crippen LogP contribution in [0.5, 0.6) is 0 Å². The minimum absolute atomic E-state index is 0.150. The molecule has 0 saturated carbocycles. The van der Waals surface area contributed by atoms with E-state index in [1.54, 1.807) is 19.3 Å². The van der Waals surface area contributed by atoms with Crippen molar-refractivity contribution in [3.05, 3.63) is 18.1 Å². The quantitative estimate of drug-likeness (QED) is 0.814. The molecule has 0 spiro atoms. The fourth-order valence-electron chi connectivity index (χ4n) is 3.13. The Bertz CT molecular complexity index is 502. The van der Waals surface area contributed by atoms with Gasteiger partial charge in [0.2, 0.25) is 5.91 Å². The highest BCUT2D eigenvalue weighted by molar-refractivity contribution is 5.73. The van der Waals surface area contributed by atoms with Gasteiger partial charge in [-0.2, -0.15) is 0 Å². The molecule has 6 heteroatoms. The van der Waals surface area contributed by atoms with Crippen molar-refractivity contribution < 1.29 is 9.53 Å². The van der Waals surface area contributed by atoms with Crippen LogP contribution in [0.25, 0.3) is 0 Å². The number of hydrogen-bond acceptors (Lipinski definition) is 5. The molecule has 6 nitrogen and oxygen atoms in total. The van der Waals surface area contributed by atoms with Gasteiger partial charge in [-0.05, 0) is 12.8 Å². The highest BCUT2D eigenvalue weighted by Gasteiger charge is 2.28. The van der Waals surface area contributed by atoms with Crippen molar-refractivity contribution in [3.63, 3.8) is 0 Å². The van der Waals surface area contributed by atoms with Gasteiger partial charge in [0.15, 0.2) is 5.82 Å². The third-order valence-electron chi connectivity index (χ3n) is 4.27. The molecule has 3 rings (SSSR count). The summed E-state index contributed by atoms with van der Waals surface area (Å²) in [5.41, 5.74) is 1.03. The highest BCUT2D eigenvalue weighted by Crippen LogP contribution is 2.31. The molecule has 1 aromatic heterocycles. The SMILES string of the molecule is CC(=O)N1CCC[C@H](c2nccnc2N2CCOCC2)C1. The van der Waals surface area contributed by atoms with Crippen LogP contribution in [0.1, 0.15) is 31.4 Å². The standard InChI is InChI=1S/C15H22N4O2/c1-12(20)19-6-2-3-13(11-19)14-15(17-5-4-16-14)18-7-9-21-10-8-18/h4-5,13H,2-3,6-11H2,1H3/t13-/m0/s1. The molecule has 0 unspecified atom stereocenters. The Morgan fingerprint density at radius 3 is 2.76 bits per heavy atom. The number of ether oxygens (including phenoxy) is 1. The first-order valence-corrected chi connectivity index (χ1v) is 7.65. The zero-order valence-corrected chi connectivity index (χ0v) is 12.5. The van der Waals surface area contributed by atoms with Gasteiger partial charge in [-0.3, -0.25) is 9.78 Å². The van der Waals surface area contributed by atoms with E-state index in [-0.39, 0.29) is 11.8 Å². The van der Waals surface area contributed by atoms with Crippen LogP contribution in [-0.4, -0.2) is 60.2 Å². The average Bonchev–Trinajstić information content (AvgIpc) is 2.56. The van der Waals surface area contributed by atoms with Gasteiger partial charge in [0.25, 0.3) is 0 Å². The number of hydrogen-bond donors (Lipinski definition) is 0. The van der Waals surface area contributed by atoms with E-state index in [2.05, 4.69) is 14.9 Å². The lowest BCUT2D eigenvalue weighted by atomic mass is 9.94. The van der Waals surface area contributed by atoms with Gasteiger partial charge in [-0.15, -0.1) is 0 Å². The van der Waals surface area contributed by atoms with Gasteiger partial charge in [0, 0.05) is 51.4 Å². The summed E-state index contributed by atoms with van der Waals surface area (Å²) >= 11 is 0. The maximum absolute atomic E-state index is 11.6. The molecule has 2 aliphatic heterocycles. The van der Waals surface area contributed by atoms with E-state index in [0.29, 0.717) is 0 Å². The predicted molar refractivity (Wildman–Crippen MR) is 79.3 cm³/mol. The molecule has 0 bridgehead atoms. The second kappa shape index (κ2) is 6.39. The van der Waals surface area contributed by atoms with Gasteiger partial charge in [-0.25, -0.2) is 4.98 Å². The van der Waals surface area contributed by atoms with Crippen LogP contribution in [-0.2, 0) is 9.53 Å². The molecule has 0 aromatic carbocycles. The molecule has 2 saturated heterocycles. The average molecular weight is 290 g/mol. The number of rotatable bonds is 2.